The SMILES string of the molecule is CCOC(=O)C1=C(N)Oc2ccc3ccccc3c2[C@@H]1c1ccc2c(c1)OCO2. The maximum absolute atomic E-state index is 12.9. The van der Waals surface area contributed by atoms with Crippen molar-refractivity contribution in [2.75, 3.05) is 13.4 Å². The molecule has 29 heavy (non-hydrogen) atoms. The van der Waals surface area contributed by atoms with Gasteiger partial charge in [0.05, 0.1) is 12.5 Å². The largest absolute Gasteiger partial charge is 0.462 e. The molecule has 0 aromatic heterocycles. The van der Waals surface area contributed by atoms with Crippen LogP contribution in [0.15, 0.2) is 66.1 Å². The van der Waals surface area contributed by atoms with Crippen molar-refractivity contribution in [1.29, 1.82) is 0 Å². The molecule has 2 aliphatic heterocycles. The van der Waals surface area contributed by atoms with E-state index in [1.165, 1.54) is 0 Å². The molecule has 0 spiro atoms. The van der Waals surface area contributed by atoms with Crippen molar-refractivity contribution in [1.82, 2.24) is 0 Å². The molecule has 0 aliphatic carbocycles. The van der Waals surface area contributed by atoms with Gasteiger partial charge in [-0.2, -0.15) is 0 Å². The highest BCUT2D eigenvalue weighted by molar-refractivity contribution is 5.97. The summed E-state index contributed by atoms with van der Waals surface area (Å²) < 4.78 is 22.2. The van der Waals surface area contributed by atoms with E-state index >= 15 is 0 Å². The number of nitrogens with two attached hydrogens (primary N) is 1. The van der Waals surface area contributed by atoms with Crippen molar-refractivity contribution in [3.05, 3.63) is 77.2 Å². The highest BCUT2D eigenvalue weighted by Crippen LogP contribution is 2.47. The highest BCUT2D eigenvalue weighted by Gasteiger charge is 2.37. The second-order valence-corrected chi connectivity index (χ2v) is 6.84. The molecule has 6 heteroatoms. The summed E-state index contributed by atoms with van der Waals surface area (Å²) in [5.74, 6) is 1.03. The fraction of sp³-hybridized carbons (Fsp3) is 0.174. The van der Waals surface area contributed by atoms with E-state index < -0.39 is 11.9 Å². The second-order valence-electron chi connectivity index (χ2n) is 6.84. The molecule has 1 atom stereocenters. The van der Waals surface area contributed by atoms with Crippen LogP contribution in [0, 0.1) is 0 Å². The van der Waals surface area contributed by atoms with Crippen LogP contribution in [0.1, 0.15) is 24.0 Å². The Balaban J connectivity index is 1.78. The van der Waals surface area contributed by atoms with Gasteiger partial charge in [-0.15, -0.1) is 0 Å². The minimum Gasteiger partial charge on any atom is -0.462 e. The molecule has 0 radical (unpaired) electrons. The molecule has 0 amide bonds. The number of ether oxygens (including phenoxy) is 4. The van der Waals surface area contributed by atoms with Gasteiger partial charge in [-0.25, -0.2) is 4.79 Å². The third kappa shape index (κ3) is 2.76. The van der Waals surface area contributed by atoms with Crippen molar-refractivity contribution in [3.63, 3.8) is 0 Å². The molecule has 2 aliphatic rings. The van der Waals surface area contributed by atoms with Crippen LogP contribution in [-0.2, 0) is 9.53 Å². The van der Waals surface area contributed by atoms with Gasteiger partial charge < -0.3 is 24.7 Å². The van der Waals surface area contributed by atoms with Crippen molar-refractivity contribution in [2.45, 2.75) is 12.8 Å². The summed E-state index contributed by atoms with van der Waals surface area (Å²) >= 11 is 0. The van der Waals surface area contributed by atoms with Gasteiger partial charge in [0, 0.05) is 5.56 Å². The molecule has 2 heterocycles. The minimum absolute atomic E-state index is 0.0499. The van der Waals surface area contributed by atoms with Gasteiger partial charge in [0.1, 0.15) is 11.3 Å². The topological polar surface area (TPSA) is 80.0 Å². The summed E-state index contributed by atoms with van der Waals surface area (Å²) in [4.78, 5) is 12.9. The molecule has 0 bridgehead atoms. The predicted molar refractivity (Wildman–Crippen MR) is 107 cm³/mol. The zero-order valence-electron chi connectivity index (χ0n) is 15.8. The number of carbonyl (C=O) groups excluding carboxylic acids is 1. The summed E-state index contributed by atoms with van der Waals surface area (Å²) in [6, 6.07) is 17.5. The first-order valence-electron chi connectivity index (χ1n) is 9.43. The molecular formula is C23H19NO5. The summed E-state index contributed by atoms with van der Waals surface area (Å²) in [7, 11) is 0. The Morgan fingerprint density at radius 1 is 1.07 bits per heavy atom. The summed E-state index contributed by atoms with van der Waals surface area (Å²) in [5.41, 5.74) is 8.22. The molecule has 6 nitrogen and oxygen atoms in total. The average Bonchev–Trinajstić information content (AvgIpc) is 3.20. The van der Waals surface area contributed by atoms with Crippen LogP contribution >= 0.6 is 0 Å². The normalized spacial score (nSPS) is 17.1. The molecule has 146 valence electrons. The first-order chi connectivity index (χ1) is 14.2. The molecule has 3 aromatic rings. The van der Waals surface area contributed by atoms with Crippen molar-refractivity contribution in [2.24, 2.45) is 5.73 Å². The number of hydrogen-bond acceptors (Lipinski definition) is 6. The van der Waals surface area contributed by atoms with Crippen molar-refractivity contribution in [3.8, 4) is 17.2 Å². The third-order valence-electron chi connectivity index (χ3n) is 5.22. The van der Waals surface area contributed by atoms with E-state index in [0.29, 0.717) is 17.2 Å². The lowest BCUT2D eigenvalue weighted by Gasteiger charge is -2.29. The zero-order chi connectivity index (χ0) is 20.0. The van der Waals surface area contributed by atoms with Crippen molar-refractivity contribution >= 4 is 16.7 Å². The number of hydrogen-bond donors (Lipinski definition) is 1. The fourth-order valence-electron chi connectivity index (χ4n) is 3.98. The van der Waals surface area contributed by atoms with Crippen LogP contribution in [0.2, 0.25) is 0 Å². The fourth-order valence-corrected chi connectivity index (χ4v) is 3.98. The summed E-state index contributed by atoms with van der Waals surface area (Å²) in [6.07, 6.45) is 0. The van der Waals surface area contributed by atoms with E-state index in [4.69, 9.17) is 24.7 Å². The lowest BCUT2D eigenvalue weighted by Crippen LogP contribution is -2.27. The number of benzene rings is 3. The van der Waals surface area contributed by atoms with E-state index in [2.05, 4.69) is 0 Å². The number of fused-ring (bicyclic) bond motifs is 4. The number of carbonyl (C=O) groups is 1. The minimum atomic E-state index is -0.494. The van der Waals surface area contributed by atoms with E-state index in [1.54, 1.807) is 6.92 Å². The Kier molecular flexibility index (Phi) is 4.05. The van der Waals surface area contributed by atoms with E-state index in [-0.39, 0.29) is 24.9 Å². The number of rotatable bonds is 3. The molecule has 5 rings (SSSR count). The van der Waals surface area contributed by atoms with Crippen molar-refractivity contribution < 1.29 is 23.7 Å². The van der Waals surface area contributed by atoms with Gasteiger partial charge in [0.15, 0.2) is 11.5 Å². The average molecular weight is 389 g/mol. The summed E-state index contributed by atoms with van der Waals surface area (Å²) in [6.45, 7) is 2.18. The Labute approximate surface area is 167 Å². The predicted octanol–water partition coefficient (Wildman–Crippen LogP) is 3.83. The first kappa shape index (κ1) is 17.4. The van der Waals surface area contributed by atoms with Crippen LogP contribution in [0.3, 0.4) is 0 Å². The lowest BCUT2D eigenvalue weighted by atomic mass is 9.80. The Morgan fingerprint density at radius 2 is 1.86 bits per heavy atom. The molecule has 0 unspecified atom stereocenters. The Morgan fingerprint density at radius 3 is 2.72 bits per heavy atom. The van der Waals surface area contributed by atoms with Gasteiger partial charge in [-0.3, -0.25) is 0 Å². The molecule has 2 N–H and O–H groups in total. The quantitative estimate of drug-likeness (QED) is 0.686. The van der Waals surface area contributed by atoms with E-state index in [1.807, 2.05) is 54.6 Å². The van der Waals surface area contributed by atoms with Gasteiger partial charge in [0.25, 0.3) is 0 Å². The lowest BCUT2D eigenvalue weighted by molar-refractivity contribution is -0.139. The smallest absolute Gasteiger partial charge is 0.340 e. The maximum atomic E-state index is 12.9. The highest BCUT2D eigenvalue weighted by atomic mass is 16.7. The van der Waals surface area contributed by atoms with Gasteiger partial charge in [0.2, 0.25) is 12.7 Å². The maximum Gasteiger partial charge on any atom is 0.340 e. The van der Waals surface area contributed by atoms with Gasteiger partial charge in [-0.05, 0) is 41.5 Å². The van der Waals surface area contributed by atoms with E-state index in [9.17, 15) is 4.79 Å². The molecule has 0 saturated carbocycles. The molecular weight excluding hydrogens is 370 g/mol. The van der Waals surface area contributed by atoms with Crippen LogP contribution in [0.25, 0.3) is 10.8 Å². The first-order valence-corrected chi connectivity index (χ1v) is 9.43. The third-order valence-corrected chi connectivity index (χ3v) is 5.22. The Hall–Kier alpha value is -3.67. The zero-order valence-corrected chi connectivity index (χ0v) is 15.8. The van der Waals surface area contributed by atoms with Gasteiger partial charge in [-0.1, -0.05) is 36.4 Å². The Bertz CT molecular complexity index is 1170. The van der Waals surface area contributed by atoms with Crippen LogP contribution in [-0.4, -0.2) is 19.4 Å². The standard InChI is InChI=1S/C23H19NO5/c1-2-26-23(25)21-19(14-8-9-16-18(11-14)28-12-27-16)20-15-6-4-3-5-13(15)7-10-17(20)29-22(21)24/h3-11,19H,2,12,24H2,1H3/t19-/m0/s1. The summed E-state index contributed by atoms with van der Waals surface area (Å²) in [5, 5.41) is 2.03. The van der Waals surface area contributed by atoms with Crippen LogP contribution in [0.5, 0.6) is 17.2 Å². The monoisotopic (exact) mass is 389 g/mol. The molecule has 3 aromatic carbocycles. The molecule has 0 saturated heterocycles. The second kappa shape index (κ2) is 6.74. The van der Waals surface area contributed by atoms with Crippen LogP contribution in [0.4, 0.5) is 0 Å². The molecule has 0 fully saturated rings. The van der Waals surface area contributed by atoms with E-state index in [0.717, 1.165) is 21.9 Å². The van der Waals surface area contributed by atoms with Gasteiger partial charge >= 0.3 is 5.97 Å². The van der Waals surface area contributed by atoms with Crippen LogP contribution < -0.4 is 19.9 Å². The number of esters is 1.